The number of carboxylic acid groups (broad SMARTS) is 1. The molecule has 0 saturated heterocycles. The fourth-order valence-electron chi connectivity index (χ4n) is 2.92. The molecule has 2 nitrogen and oxygen atoms in total. The highest BCUT2D eigenvalue weighted by Gasteiger charge is 2.41. The van der Waals surface area contributed by atoms with E-state index in [0.717, 1.165) is 5.56 Å². The lowest BCUT2D eigenvalue weighted by atomic mass is 9.79. The molecule has 0 atom stereocenters. The average Bonchev–Trinajstić information content (AvgIpc) is 2.08. The number of benzene rings is 1. The molecular weight excluding hydrogens is 262 g/mol. The predicted octanol–water partition coefficient (Wildman–Crippen LogP) is 4.59. The van der Waals surface area contributed by atoms with Crippen LogP contribution in [-0.2, 0) is 10.7 Å². The Bertz CT molecular complexity index is 496. The molecular formula is C16H22F2O2. The van der Waals surface area contributed by atoms with Crippen molar-refractivity contribution in [2.75, 3.05) is 0 Å². The van der Waals surface area contributed by atoms with Crippen LogP contribution in [0.3, 0.4) is 0 Å². The van der Waals surface area contributed by atoms with Gasteiger partial charge in [0.15, 0.2) is 0 Å². The van der Waals surface area contributed by atoms with Gasteiger partial charge in [-0.3, -0.25) is 4.79 Å². The van der Waals surface area contributed by atoms with Gasteiger partial charge in [0.1, 0.15) is 0 Å². The van der Waals surface area contributed by atoms with Gasteiger partial charge in [0, 0.05) is 12.0 Å². The third-order valence-corrected chi connectivity index (χ3v) is 3.37. The van der Waals surface area contributed by atoms with Gasteiger partial charge in [-0.25, -0.2) is 8.78 Å². The standard InChI is InChI=1S/C16H22F2O2/c1-10-6-11(2)14(12(3)7-10)16(17,18)9-15(4,5)8-13(19)20/h6-7H,8-9H2,1-5H3,(H,19,20). The number of aliphatic carboxylic acids is 1. The van der Waals surface area contributed by atoms with Crippen LogP contribution in [0.5, 0.6) is 0 Å². The summed E-state index contributed by atoms with van der Waals surface area (Å²) < 4.78 is 29.1. The molecule has 1 rings (SSSR count). The highest BCUT2D eigenvalue weighted by atomic mass is 19.3. The van der Waals surface area contributed by atoms with Crippen molar-refractivity contribution in [1.82, 2.24) is 0 Å². The molecule has 0 heterocycles. The second-order valence-corrected chi connectivity index (χ2v) is 6.39. The minimum atomic E-state index is -3.03. The third kappa shape index (κ3) is 4.02. The van der Waals surface area contributed by atoms with Crippen LogP contribution in [0.1, 0.15) is 48.9 Å². The van der Waals surface area contributed by atoms with Gasteiger partial charge in [-0.05, 0) is 37.3 Å². The highest BCUT2D eigenvalue weighted by Crippen LogP contribution is 2.43. The van der Waals surface area contributed by atoms with Crippen molar-refractivity contribution in [3.63, 3.8) is 0 Å². The summed E-state index contributed by atoms with van der Waals surface area (Å²) >= 11 is 0. The molecule has 0 radical (unpaired) electrons. The van der Waals surface area contributed by atoms with E-state index in [9.17, 15) is 13.6 Å². The molecule has 20 heavy (non-hydrogen) atoms. The molecule has 112 valence electrons. The van der Waals surface area contributed by atoms with Crippen LogP contribution in [0, 0.1) is 26.2 Å². The first-order chi connectivity index (χ1) is 8.94. The van der Waals surface area contributed by atoms with Crippen LogP contribution in [-0.4, -0.2) is 11.1 Å². The average molecular weight is 284 g/mol. The number of hydrogen-bond donors (Lipinski definition) is 1. The summed E-state index contributed by atoms with van der Waals surface area (Å²) in [6, 6.07) is 3.47. The molecule has 0 aliphatic rings. The lowest BCUT2D eigenvalue weighted by Crippen LogP contribution is -2.28. The van der Waals surface area contributed by atoms with Crippen LogP contribution < -0.4 is 0 Å². The first-order valence-corrected chi connectivity index (χ1v) is 6.62. The lowest BCUT2D eigenvalue weighted by Gasteiger charge is -2.30. The molecule has 0 aliphatic heterocycles. The van der Waals surface area contributed by atoms with Gasteiger partial charge in [-0.1, -0.05) is 31.5 Å². The van der Waals surface area contributed by atoms with Gasteiger partial charge in [0.25, 0.3) is 5.92 Å². The van der Waals surface area contributed by atoms with Crippen molar-refractivity contribution in [2.45, 2.75) is 53.4 Å². The quantitative estimate of drug-likeness (QED) is 0.858. The van der Waals surface area contributed by atoms with Crippen molar-refractivity contribution in [2.24, 2.45) is 5.41 Å². The zero-order valence-corrected chi connectivity index (χ0v) is 12.7. The van der Waals surface area contributed by atoms with E-state index >= 15 is 0 Å². The molecule has 0 aromatic heterocycles. The van der Waals surface area contributed by atoms with E-state index < -0.39 is 23.7 Å². The maximum Gasteiger partial charge on any atom is 0.303 e. The summed E-state index contributed by atoms with van der Waals surface area (Å²) in [5.74, 6) is -4.08. The minimum Gasteiger partial charge on any atom is -0.481 e. The Morgan fingerprint density at radius 1 is 1.15 bits per heavy atom. The van der Waals surface area contributed by atoms with E-state index in [-0.39, 0.29) is 12.0 Å². The molecule has 1 aromatic rings. The van der Waals surface area contributed by atoms with Crippen molar-refractivity contribution < 1.29 is 18.7 Å². The second kappa shape index (κ2) is 5.51. The van der Waals surface area contributed by atoms with Gasteiger partial charge in [-0.2, -0.15) is 0 Å². The van der Waals surface area contributed by atoms with Crippen LogP contribution >= 0.6 is 0 Å². The number of aryl methyl sites for hydroxylation is 3. The van der Waals surface area contributed by atoms with Crippen molar-refractivity contribution in [3.8, 4) is 0 Å². The Labute approximate surface area is 118 Å². The predicted molar refractivity (Wildman–Crippen MR) is 75.2 cm³/mol. The molecule has 0 fully saturated rings. The summed E-state index contributed by atoms with van der Waals surface area (Å²) in [5, 5.41) is 8.82. The Morgan fingerprint density at radius 3 is 2.00 bits per heavy atom. The Balaban J connectivity index is 3.14. The lowest BCUT2D eigenvalue weighted by molar-refractivity contribution is -0.140. The summed E-state index contributed by atoms with van der Waals surface area (Å²) in [5.41, 5.74) is 1.13. The van der Waals surface area contributed by atoms with E-state index in [1.165, 1.54) is 0 Å². The van der Waals surface area contributed by atoms with Crippen LogP contribution in [0.4, 0.5) is 8.78 Å². The summed E-state index contributed by atoms with van der Waals surface area (Å²) in [6.45, 7) is 8.35. The van der Waals surface area contributed by atoms with Crippen LogP contribution in [0.25, 0.3) is 0 Å². The monoisotopic (exact) mass is 284 g/mol. The SMILES string of the molecule is Cc1cc(C)c(C(F)(F)CC(C)(C)CC(=O)O)c(C)c1. The summed E-state index contributed by atoms with van der Waals surface area (Å²) in [7, 11) is 0. The number of rotatable bonds is 5. The van der Waals surface area contributed by atoms with Crippen molar-refractivity contribution in [3.05, 3.63) is 34.4 Å². The fraction of sp³-hybridized carbons (Fsp3) is 0.562. The zero-order valence-electron chi connectivity index (χ0n) is 12.7. The number of alkyl halides is 2. The number of carbonyl (C=O) groups is 1. The first-order valence-electron chi connectivity index (χ1n) is 6.62. The Morgan fingerprint density at radius 2 is 1.60 bits per heavy atom. The van der Waals surface area contributed by atoms with Crippen molar-refractivity contribution >= 4 is 5.97 Å². The van der Waals surface area contributed by atoms with Gasteiger partial charge in [0.2, 0.25) is 0 Å². The normalized spacial score (nSPS) is 12.6. The zero-order chi connectivity index (χ0) is 15.7. The van der Waals surface area contributed by atoms with Gasteiger partial charge >= 0.3 is 5.97 Å². The molecule has 1 aromatic carbocycles. The molecule has 0 amide bonds. The molecule has 0 saturated carbocycles. The minimum absolute atomic E-state index is 0.0292. The number of halogens is 2. The second-order valence-electron chi connectivity index (χ2n) is 6.39. The number of hydrogen-bond acceptors (Lipinski definition) is 1. The van der Waals surface area contributed by atoms with Gasteiger partial charge < -0.3 is 5.11 Å². The van der Waals surface area contributed by atoms with E-state index in [2.05, 4.69) is 0 Å². The largest absolute Gasteiger partial charge is 0.481 e. The van der Waals surface area contributed by atoms with Crippen LogP contribution in [0.15, 0.2) is 12.1 Å². The Hall–Kier alpha value is -1.45. The molecule has 1 N–H and O–H groups in total. The van der Waals surface area contributed by atoms with E-state index in [1.54, 1.807) is 39.8 Å². The van der Waals surface area contributed by atoms with E-state index in [0.29, 0.717) is 11.1 Å². The highest BCUT2D eigenvalue weighted by molar-refractivity contribution is 5.67. The van der Waals surface area contributed by atoms with Gasteiger partial charge in [-0.15, -0.1) is 0 Å². The molecule has 0 aliphatic carbocycles. The number of carboxylic acids is 1. The topological polar surface area (TPSA) is 37.3 Å². The maximum absolute atomic E-state index is 14.6. The first kappa shape index (κ1) is 16.6. The molecule has 4 heteroatoms. The van der Waals surface area contributed by atoms with Gasteiger partial charge in [0.05, 0.1) is 6.42 Å². The molecule has 0 bridgehead atoms. The fourth-order valence-corrected chi connectivity index (χ4v) is 2.92. The van der Waals surface area contributed by atoms with Crippen molar-refractivity contribution in [1.29, 1.82) is 0 Å². The summed E-state index contributed by atoms with van der Waals surface area (Å²) in [6.07, 6.45) is -0.746. The third-order valence-electron chi connectivity index (χ3n) is 3.37. The Kier molecular flexibility index (Phi) is 4.57. The molecule has 0 spiro atoms. The smallest absolute Gasteiger partial charge is 0.303 e. The van der Waals surface area contributed by atoms with E-state index in [4.69, 9.17) is 5.11 Å². The van der Waals surface area contributed by atoms with Crippen LogP contribution in [0.2, 0.25) is 0 Å². The molecule has 0 unspecified atom stereocenters. The van der Waals surface area contributed by atoms with E-state index in [1.807, 2.05) is 6.92 Å². The summed E-state index contributed by atoms with van der Waals surface area (Å²) in [4.78, 5) is 10.8. The maximum atomic E-state index is 14.6.